The minimum absolute atomic E-state index is 0. The van der Waals surface area contributed by atoms with Crippen LogP contribution in [0.15, 0.2) is 23.0 Å². The van der Waals surface area contributed by atoms with E-state index in [-0.39, 0.29) is 30.0 Å². The molecule has 0 atom stereocenters. The average molecular weight is 353 g/mol. The van der Waals surface area contributed by atoms with Gasteiger partial charge < -0.3 is 15.6 Å². The maximum Gasteiger partial charge on any atom is 0.326 e. The number of amides is 1. The number of imidazole rings is 1. The molecule has 1 amide bonds. The molecule has 0 saturated heterocycles. The highest BCUT2D eigenvalue weighted by molar-refractivity contribution is 5.97. The van der Waals surface area contributed by atoms with Crippen LogP contribution in [0, 0.1) is 0 Å². The van der Waals surface area contributed by atoms with E-state index in [1.807, 2.05) is 17.6 Å². The van der Waals surface area contributed by atoms with E-state index in [2.05, 4.69) is 15.6 Å². The summed E-state index contributed by atoms with van der Waals surface area (Å²) in [5, 5.41) is 6.04. The number of nitrogens with one attached hydrogen (secondary N) is 3. The van der Waals surface area contributed by atoms with Gasteiger partial charge in [-0.25, -0.2) is 4.79 Å². The number of aromatic amines is 1. The normalized spacial score (nSPS) is 14.7. The first-order valence-electron chi connectivity index (χ1n) is 8.44. The van der Waals surface area contributed by atoms with Crippen LogP contribution in [-0.2, 0) is 0 Å². The Kier molecular flexibility index (Phi) is 6.45. The lowest BCUT2D eigenvalue weighted by atomic mass is 10.1. The summed E-state index contributed by atoms with van der Waals surface area (Å²) in [5.74, 6) is -0.112. The van der Waals surface area contributed by atoms with Crippen LogP contribution in [0.2, 0.25) is 0 Å². The number of carbonyl (C=O) groups is 1. The smallest absolute Gasteiger partial charge is 0.326 e. The number of fused-ring (bicyclic) bond motifs is 1. The lowest BCUT2D eigenvalue weighted by Crippen LogP contribution is -2.31. The number of hydrogen-bond acceptors (Lipinski definition) is 3. The quantitative estimate of drug-likeness (QED) is 0.697. The van der Waals surface area contributed by atoms with Gasteiger partial charge >= 0.3 is 5.69 Å². The number of benzene rings is 1. The van der Waals surface area contributed by atoms with Crippen molar-refractivity contribution >= 4 is 29.3 Å². The van der Waals surface area contributed by atoms with E-state index in [0.717, 1.165) is 37.0 Å². The maximum atomic E-state index is 12.2. The van der Waals surface area contributed by atoms with Crippen molar-refractivity contribution < 1.29 is 4.79 Å². The minimum atomic E-state index is -0.112. The molecule has 0 unspecified atom stereocenters. The highest BCUT2D eigenvalue weighted by atomic mass is 35.5. The van der Waals surface area contributed by atoms with Crippen molar-refractivity contribution in [1.29, 1.82) is 0 Å². The molecule has 0 bridgehead atoms. The zero-order chi connectivity index (χ0) is 16.2. The molecule has 0 radical (unpaired) electrons. The van der Waals surface area contributed by atoms with Gasteiger partial charge in [-0.15, -0.1) is 12.4 Å². The molecule has 0 spiro atoms. The summed E-state index contributed by atoms with van der Waals surface area (Å²) >= 11 is 0. The number of rotatable bonds is 6. The van der Waals surface area contributed by atoms with Crippen LogP contribution in [-0.4, -0.2) is 35.1 Å². The second-order valence-corrected chi connectivity index (χ2v) is 6.08. The first-order valence-corrected chi connectivity index (χ1v) is 8.44. The van der Waals surface area contributed by atoms with E-state index in [0.29, 0.717) is 12.1 Å². The predicted molar refractivity (Wildman–Crippen MR) is 98.2 cm³/mol. The van der Waals surface area contributed by atoms with Gasteiger partial charge in [-0.3, -0.25) is 9.36 Å². The molecule has 1 aliphatic rings. The molecule has 1 fully saturated rings. The fourth-order valence-electron chi connectivity index (χ4n) is 3.34. The topological polar surface area (TPSA) is 78.9 Å². The van der Waals surface area contributed by atoms with Crippen molar-refractivity contribution in [2.24, 2.45) is 0 Å². The molecule has 1 aromatic heterocycles. The first kappa shape index (κ1) is 18.5. The number of H-pyrrole nitrogens is 1. The first-order chi connectivity index (χ1) is 11.2. The third-order valence-corrected chi connectivity index (χ3v) is 4.51. The Labute approximate surface area is 147 Å². The SMILES string of the molecule is CCNCCNC(=O)c1ccc2c(c1)[nH]c(=O)n2C1CCCC1.Cl. The van der Waals surface area contributed by atoms with E-state index < -0.39 is 0 Å². The summed E-state index contributed by atoms with van der Waals surface area (Å²) < 4.78 is 1.86. The van der Waals surface area contributed by atoms with Gasteiger partial charge in [0.2, 0.25) is 0 Å². The zero-order valence-corrected chi connectivity index (χ0v) is 14.7. The zero-order valence-electron chi connectivity index (χ0n) is 13.9. The van der Waals surface area contributed by atoms with Gasteiger partial charge in [-0.1, -0.05) is 19.8 Å². The molecule has 24 heavy (non-hydrogen) atoms. The van der Waals surface area contributed by atoms with Crippen molar-refractivity contribution in [3.05, 3.63) is 34.2 Å². The number of aromatic nitrogens is 2. The molecule has 3 rings (SSSR count). The fourth-order valence-corrected chi connectivity index (χ4v) is 3.34. The Morgan fingerprint density at radius 3 is 2.75 bits per heavy atom. The van der Waals surface area contributed by atoms with Crippen LogP contribution in [0.3, 0.4) is 0 Å². The van der Waals surface area contributed by atoms with Crippen LogP contribution in [0.5, 0.6) is 0 Å². The number of likely N-dealkylation sites (N-methyl/N-ethyl adjacent to an activating group) is 1. The van der Waals surface area contributed by atoms with E-state index in [1.54, 1.807) is 12.1 Å². The largest absolute Gasteiger partial charge is 0.351 e. The molecule has 7 heteroatoms. The molecule has 132 valence electrons. The summed E-state index contributed by atoms with van der Waals surface area (Å²) in [5.41, 5.74) is 2.14. The minimum Gasteiger partial charge on any atom is -0.351 e. The molecule has 0 aliphatic heterocycles. The molecule has 1 saturated carbocycles. The second kappa shape index (κ2) is 8.35. The van der Waals surface area contributed by atoms with Gasteiger partial charge in [0.15, 0.2) is 0 Å². The molecule has 1 aliphatic carbocycles. The van der Waals surface area contributed by atoms with Crippen molar-refractivity contribution in [3.63, 3.8) is 0 Å². The van der Waals surface area contributed by atoms with E-state index in [4.69, 9.17) is 0 Å². The second-order valence-electron chi connectivity index (χ2n) is 6.08. The van der Waals surface area contributed by atoms with Crippen molar-refractivity contribution in [2.45, 2.75) is 38.6 Å². The van der Waals surface area contributed by atoms with E-state index >= 15 is 0 Å². The lowest BCUT2D eigenvalue weighted by Gasteiger charge is -2.11. The number of halogens is 1. The summed E-state index contributed by atoms with van der Waals surface area (Å²) in [6, 6.07) is 5.73. The van der Waals surface area contributed by atoms with Gasteiger partial charge in [0.05, 0.1) is 11.0 Å². The molecule has 1 heterocycles. The van der Waals surface area contributed by atoms with E-state index in [9.17, 15) is 9.59 Å². The Balaban J connectivity index is 0.00000208. The Morgan fingerprint density at radius 2 is 2.04 bits per heavy atom. The van der Waals surface area contributed by atoms with Gasteiger partial charge in [0.1, 0.15) is 0 Å². The summed E-state index contributed by atoms with van der Waals surface area (Å²) in [4.78, 5) is 27.3. The Hall–Kier alpha value is -1.79. The predicted octanol–water partition coefficient (Wildman–Crippen LogP) is 2.21. The summed E-state index contributed by atoms with van der Waals surface area (Å²) in [6.07, 6.45) is 4.46. The highest BCUT2D eigenvalue weighted by Crippen LogP contribution is 2.30. The highest BCUT2D eigenvalue weighted by Gasteiger charge is 2.21. The summed E-state index contributed by atoms with van der Waals surface area (Å²) in [7, 11) is 0. The molecular weight excluding hydrogens is 328 g/mol. The molecule has 3 N–H and O–H groups in total. The van der Waals surface area contributed by atoms with Crippen LogP contribution < -0.4 is 16.3 Å². The third kappa shape index (κ3) is 3.82. The van der Waals surface area contributed by atoms with Crippen molar-refractivity contribution in [1.82, 2.24) is 20.2 Å². The molecule has 6 nitrogen and oxygen atoms in total. The summed E-state index contributed by atoms with van der Waals surface area (Å²) in [6.45, 7) is 4.25. The third-order valence-electron chi connectivity index (χ3n) is 4.51. The van der Waals surface area contributed by atoms with Gasteiger partial charge in [-0.2, -0.15) is 0 Å². The average Bonchev–Trinajstić information content (AvgIpc) is 3.16. The van der Waals surface area contributed by atoms with Gasteiger partial charge in [0, 0.05) is 24.7 Å². The van der Waals surface area contributed by atoms with Crippen LogP contribution >= 0.6 is 12.4 Å². The number of carbonyl (C=O) groups excluding carboxylic acids is 1. The number of hydrogen-bond donors (Lipinski definition) is 3. The molecule has 2 aromatic rings. The molecular formula is C17H25ClN4O2. The monoisotopic (exact) mass is 352 g/mol. The maximum absolute atomic E-state index is 12.2. The van der Waals surface area contributed by atoms with Gasteiger partial charge in [0.25, 0.3) is 5.91 Å². The lowest BCUT2D eigenvalue weighted by molar-refractivity contribution is 0.0954. The standard InChI is InChI=1S/C17H24N4O2.ClH/c1-2-18-9-10-19-16(22)12-7-8-15-14(11-12)20-17(23)21(15)13-5-3-4-6-13;/h7-8,11,13,18H,2-6,9-10H2,1H3,(H,19,22)(H,20,23);1H. The van der Waals surface area contributed by atoms with Crippen molar-refractivity contribution in [2.75, 3.05) is 19.6 Å². The van der Waals surface area contributed by atoms with E-state index in [1.165, 1.54) is 12.8 Å². The Morgan fingerprint density at radius 1 is 1.29 bits per heavy atom. The van der Waals surface area contributed by atoms with Crippen molar-refractivity contribution in [3.8, 4) is 0 Å². The van der Waals surface area contributed by atoms with Crippen LogP contribution in [0.4, 0.5) is 0 Å². The van der Waals surface area contributed by atoms with Crippen LogP contribution in [0.1, 0.15) is 49.0 Å². The fraction of sp³-hybridized carbons (Fsp3) is 0.529. The van der Waals surface area contributed by atoms with Crippen LogP contribution in [0.25, 0.3) is 11.0 Å². The Bertz CT molecular complexity index is 747. The van der Waals surface area contributed by atoms with Gasteiger partial charge in [-0.05, 0) is 37.6 Å². The molecule has 1 aromatic carbocycles. The number of nitrogens with zero attached hydrogens (tertiary/aromatic N) is 1.